The lowest BCUT2D eigenvalue weighted by atomic mass is 10.2. The van der Waals surface area contributed by atoms with Crippen molar-refractivity contribution in [2.45, 2.75) is 0 Å². The molecule has 0 unspecified atom stereocenters. The maximum atomic E-state index is 12.6. The number of methoxy groups -OCH3 is 1. The lowest BCUT2D eigenvalue weighted by Crippen LogP contribution is -2.15. The number of aromatic nitrogens is 3. The number of nitrogens with zero attached hydrogens (tertiary/aromatic N) is 3. The van der Waals surface area contributed by atoms with Gasteiger partial charge in [0.15, 0.2) is 0 Å². The minimum atomic E-state index is -0.248. The molecule has 1 N–H and O–H groups in total. The van der Waals surface area contributed by atoms with Crippen molar-refractivity contribution in [3.8, 4) is 5.75 Å². The van der Waals surface area contributed by atoms with Crippen molar-refractivity contribution in [2.24, 2.45) is 0 Å². The van der Waals surface area contributed by atoms with Crippen molar-refractivity contribution in [2.75, 3.05) is 12.4 Å². The van der Waals surface area contributed by atoms with Gasteiger partial charge in [-0.05, 0) is 30.3 Å². The number of benzene rings is 2. The van der Waals surface area contributed by atoms with E-state index in [-0.39, 0.29) is 5.56 Å². The Kier molecular flexibility index (Phi) is 3.59. The second kappa shape index (κ2) is 5.77. The van der Waals surface area contributed by atoms with E-state index in [0.717, 1.165) is 5.69 Å². The molecule has 8 heteroatoms. The Balaban J connectivity index is 1.85. The fraction of sp³-hybridized carbons (Fsp3) is 0.0625. The quantitative estimate of drug-likeness (QED) is 0.604. The van der Waals surface area contributed by atoms with Crippen LogP contribution in [0.2, 0.25) is 5.02 Å². The first-order chi connectivity index (χ1) is 11.7. The van der Waals surface area contributed by atoms with E-state index in [1.165, 1.54) is 15.9 Å². The second-order valence-corrected chi connectivity index (χ2v) is 6.40. The van der Waals surface area contributed by atoms with Gasteiger partial charge in [0, 0.05) is 5.02 Å². The first-order valence-electron chi connectivity index (χ1n) is 7.05. The highest BCUT2D eigenvalue weighted by Crippen LogP contribution is 2.29. The first kappa shape index (κ1) is 14.9. The molecule has 0 saturated carbocycles. The molecule has 0 spiro atoms. The van der Waals surface area contributed by atoms with Crippen LogP contribution in [0.4, 0.5) is 10.8 Å². The number of rotatable bonds is 3. The van der Waals surface area contributed by atoms with Crippen LogP contribution < -0.4 is 15.6 Å². The van der Waals surface area contributed by atoms with E-state index in [1.54, 1.807) is 25.3 Å². The Bertz CT molecular complexity index is 1120. The van der Waals surface area contributed by atoms with E-state index in [1.807, 2.05) is 24.3 Å². The number of ether oxygens (including phenoxy) is 1. The minimum Gasteiger partial charge on any atom is -0.495 e. The highest BCUT2D eigenvalue weighted by atomic mass is 35.5. The fourth-order valence-corrected chi connectivity index (χ4v) is 3.38. The third kappa shape index (κ3) is 2.47. The molecule has 0 aliphatic rings. The van der Waals surface area contributed by atoms with Crippen LogP contribution in [-0.2, 0) is 0 Å². The summed E-state index contributed by atoms with van der Waals surface area (Å²) in [6.07, 6.45) is 0. The molecule has 0 saturated heterocycles. The van der Waals surface area contributed by atoms with Crippen LogP contribution in [0.1, 0.15) is 0 Å². The van der Waals surface area contributed by atoms with Crippen molar-refractivity contribution in [3.63, 3.8) is 0 Å². The third-order valence-corrected chi connectivity index (χ3v) is 4.56. The zero-order chi connectivity index (χ0) is 16.7. The molecule has 0 amide bonds. The van der Waals surface area contributed by atoms with Crippen LogP contribution in [0, 0.1) is 0 Å². The van der Waals surface area contributed by atoms with Gasteiger partial charge >= 0.3 is 0 Å². The third-order valence-electron chi connectivity index (χ3n) is 3.51. The van der Waals surface area contributed by atoms with Gasteiger partial charge in [-0.25, -0.2) is 4.98 Å². The van der Waals surface area contributed by atoms with Gasteiger partial charge in [-0.15, -0.1) is 5.10 Å². The summed E-state index contributed by atoms with van der Waals surface area (Å²) in [6, 6.07) is 12.5. The van der Waals surface area contributed by atoms with Gasteiger partial charge in [0.05, 0.1) is 23.7 Å². The highest BCUT2D eigenvalue weighted by Gasteiger charge is 2.12. The molecule has 24 heavy (non-hydrogen) atoms. The summed E-state index contributed by atoms with van der Waals surface area (Å²) >= 11 is 7.25. The zero-order valence-corrected chi connectivity index (χ0v) is 14.1. The maximum Gasteiger partial charge on any atom is 0.283 e. The summed E-state index contributed by atoms with van der Waals surface area (Å²) in [5.41, 5.74) is 1.11. The van der Waals surface area contributed by atoms with E-state index in [9.17, 15) is 4.79 Å². The molecule has 2 heterocycles. The molecule has 0 aliphatic heterocycles. The van der Waals surface area contributed by atoms with E-state index < -0.39 is 0 Å². The summed E-state index contributed by atoms with van der Waals surface area (Å²) < 4.78 is 6.59. The number of hydrogen-bond donors (Lipinski definition) is 1. The molecule has 0 radical (unpaired) electrons. The normalized spacial score (nSPS) is 11.1. The van der Waals surface area contributed by atoms with Crippen molar-refractivity contribution in [3.05, 3.63) is 57.8 Å². The summed E-state index contributed by atoms with van der Waals surface area (Å²) in [5, 5.41) is 8.95. The van der Waals surface area contributed by atoms with Crippen LogP contribution in [0.15, 0.2) is 47.3 Å². The van der Waals surface area contributed by atoms with E-state index in [4.69, 9.17) is 16.3 Å². The predicted molar refractivity (Wildman–Crippen MR) is 95.9 cm³/mol. The van der Waals surface area contributed by atoms with Crippen LogP contribution >= 0.6 is 22.9 Å². The van der Waals surface area contributed by atoms with Gasteiger partial charge in [-0.3, -0.25) is 4.79 Å². The SMILES string of the molecule is COc1ccccc1Nc1nn2c(=O)c3cc(Cl)ccc3nc2s1. The number of halogens is 1. The number of nitrogens with one attached hydrogen (secondary N) is 1. The Morgan fingerprint density at radius 2 is 2.08 bits per heavy atom. The largest absolute Gasteiger partial charge is 0.495 e. The zero-order valence-electron chi connectivity index (χ0n) is 12.5. The molecule has 4 rings (SSSR count). The van der Waals surface area contributed by atoms with Crippen LogP contribution in [-0.4, -0.2) is 21.7 Å². The van der Waals surface area contributed by atoms with Gasteiger partial charge in [-0.2, -0.15) is 4.52 Å². The summed E-state index contributed by atoms with van der Waals surface area (Å²) in [6.45, 7) is 0. The standard InChI is InChI=1S/C16H11ClN4O2S/c1-23-13-5-3-2-4-12(13)18-15-20-21-14(22)10-8-9(17)6-7-11(10)19-16(21)24-15/h2-8H,1H3,(H,18,20). The van der Waals surface area contributed by atoms with Gasteiger partial charge in [0.1, 0.15) is 5.75 Å². The number of anilines is 2. The lowest BCUT2D eigenvalue weighted by molar-refractivity contribution is 0.417. The Morgan fingerprint density at radius 3 is 2.92 bits per heavy atom. The first-order valence-corrected chi connectivity index (χ1v) is 8.24. The average Bonchev–Trinajstić information content (AvgIpc) is 2.99. The van der Waals surface area contributed by atoms with Gasteiger partial charge < -0.3 is 10.1 Å². The Morgan fingerprint density at radius 1 is 1.25 bits per heavy atom. The number of para-hydroxylation sites is 2. The summed E-state index contributed by atoms with van der Waals surface area (Å²) in [7, 11) is 1.60. The molecule has 0 fully saturated rings. The number of fused-ring (bicyclic) bond motifs is 2. The lowest BCUT2D eigenvalue weighted by Gasteiger charge is -2.07. The van der Waals surface area contributed by atoms with Gasteiger partial charge in [0.2, 0.25) is 10.1 Å². The van der Waals surface area contributed by atoms with Crippen LogP contribution in [0.5, 0.6) is 5.75 Å². The highest BCUT2D eigenvalue weighted by molar-refractivity contribution is 7.20. The van der Waals surface area contributed by atoms with Gasteiger partial charge in [-0.1, -0.05) is 35.1 Å². The number of hydrogen-bond acceptors (Lipinski definition) is 6. The monoisotopic (exact) mass is 358 g/mol. The molecular weight excluding hydrogens is 348 g/mol. The van der Waals surface area contributed by atoms with E-state index >= 15 is 0 Å². The van der Waals surface area contributed by atoms with E-state index in [2.05, 4.69) is 15.4 Å². The Hall–Kier alpha value is -2.64. The molecular formula is C16H11ClN4O2S. The molecule has 2 aromatic carbocycles. The maximum absolute atomic E-state index is 12.6. The molecule has 0 bridgehead atoms. The second-order valence-electron chi connectivity index (χ2n) is 5.01. The molecule has 0 atom stereocenters. The van der Waals surface area contributed by atoms with E-state index in [0.29, 0.717) is 31.8 Å². The smallest absolute Gasteiger partial charge is 0.283 e. The summed E-state index contributed by atoms with van der Waals surface area (Å²) in [5.74, 6) is 0.689. The molecule has 4 aromatic rings. The van der Waals surface area contributed by atoms with Crippen molar-refractivity contribution < 1.29 is 4.74 Å². The molecule has 2 aromatic heterocycles. The van der Waals surface area contributed by atoms with Crippen molar-refractivity contribution in [1.29, 1.82) is 0 Å². The average molecular weight is 359 g/mol. The predicted octanol–water partition coefficient (Wildman–Crippen LogP) is 3.71. The summed E-state index contributed by atoms with van der Waals surface area (Å²) in [4.78, 5) is 17.6. The van der Waals surface area contributed by atoms with Crippen LogP contribution in [0.3, 0.4) is 0 Å². The minimum absolute atomic E-state index is 0.248. The van der Waals surface area contributed by atoms with Gasteiger partial charge in [0.25, 0.3) is 5.56 Å². The molecule has 120 valence electrons. The fourth-order valence-electron chi connectivity index (χ4n) is 2.39. The van der Waals surface area contributed by atoms with Crippen molar-refractivity contribution >= 4 is 49.6 Å². The Labute approximate surface area is 145 Å². The van der Waals surface area contributed by atoms with Crippen LogP contribution in [0.25, 0.3) is 15.9 Å². The molecule has 0 aliphatic carbocycles. The topological polar surface area (TPSA) is 68.5 Å². The molecule has 6 nitrogen and oxygen atoms in total. The van der Waals surface area contributed by atoms with Crippen molar-refractivity contribution in [1.82, 2.24) is 14.6 Å².